The number of hydrogen-bond donors (Lipinski definition) is 1. The summed E-state index contributed by atoms with van der Waals surface area (Å²) in [7, 11) is 3.57. The third kappa shape index (κ3) is 3.04. The zero-order valence-electron chi connectivity index (χ0n) is 9.11. The number of nitrogens with one attached hydrogen (secondary N) is 1. The van der Waals surface area contributed by atoms with Crippen LogP contribution in [0.5, 0.6) is 0 Å². The lowest BCUT2D eigenvalue weighted by Crippen LogP contribution is -2.28. The summed E-state index contributed by atoms with van der Waals surface area (Å²) in [5, 5.41) is 14.0. The molecule has 16 heavy (non-hydrogen) atoms. The molecule has 0 aliphatic rings. The second-order valence-electron chi connectivity index (χ2n) is 3.28. The Morgan fingerprint density at radius 3 is 2.94 bits per heavy atom. The van der Waals surface area contributed by atoms with Gasteiger partial charge >= 0.3 is 5.69 Å². The number of nitrogens with zero attached hydrogens (tertiary/aromatic N) is 3. The number of anilines is 1. The molecule has 6 nitrogen and oxygen atoms in total. The van der Waals surface area contributed by atoms with Crippen molar-refractivity contribution in [2.75, 3.05) is 32.1 Å². The van der Waals surface area contributed by atoms with Gasteiger partial charge in [-0.2, -0.15) is 0 Å². The van der Waals surface area contributed by atoms with E-state index in [0.717, 1.165) is 6.54 Å². The molecule has 7 heteroatoms. The van der Waals surface area contributed by atoms with E-state index in [-0.39, 0.29) is 10.7 Å². The summed E-state index contributed by atoms with van der Waals surface area (Å²) in [6.45, 7) is 1.35. The first kappa shape index (κ1) is 12.7. The van der Waals surface area contributed by atoms with E-state index in [0.29, 0.717) is 12.4 Å². The molecule has 1 rings (SSSR count). The monoisotopic (exact) mass is 244 g/mol. The Kier molecular flexibility index (Phi) is 4.45. The van der Waals surface area contributed by atoms with E-state index in [9.17, 15) is 10.1 Å². The Hall–Kier alpha value is -1.40. The van der Waals surface area contributed by atoms with Crippen LogP contribution in [0.15, 0.2) is 12.3 Å². The number of likely N-dealkylation sites (N-methyl/N-ethyl adjacent to an activating group) is 2. The zero-order valence-corrected chi connectivity index (χ0v) is 9.86. The largest absolute Gasteiger partial charge is 0.353 e. The minimum atomic E-state index is -0.482. The molecule has 0 atom stereocenters. The smallest absolute Gasteiger partial charge is 0.313 e. The van der Waals surface area contributed by atoms with Gasteiger partial charge in [0.1, 0.15) is 0 Å². The molecule has 0 saturated heterocycles. The molecule has 1 heterocycles. The summed E-state index contributed by atoms with van der Waals surface area (Å²) in [6, 6.07) is 1.31. The Balaban J connectivity index is 2.98. The zero-order chi connectivity index (χ0) is 12.1. The van der Waals surface area contributed by atoms with Crippen LogP contribution in [0.1, 0.15) is 0 Å². The third-order valence-electron chi connectivity index (χ3n) is 2.07. The quantitative estimate of drug-likeness (QED) is 0.624. The number of halogens is 1. The van der Waals surface area contributed by atoms with Crippen LogP contribution >= 0.6 is 11.6 Å². The van der Waals surface area contributed by atoms with Crippen molar-refractivity contribution in [3.8, 4) is 0 Å². The molecule has 0 saturated carbocycles. The lowest BCUT2D eigenvalue weighted by atomic mass is 10.3. The normalized spacial score (nSPS) is 10.2. The number of hydrogen-bond acceptors (Lipinski definition) is 5. The molecule has 0 spiro atoms. The molecule has 0 aliphatic carbocycles. The molecule has 1 aromatic rings. The fourth-order valence-corrected chi connectivity index (χ4v) is 1.39. The molecule has 1 N–H and O–H groups in total. The highest BCUT2D eigenvalue weighted by Gasteiger charge is 2.18. The average Bonchev–Trinajstić information content (AvgIpc) is 2.25. The van der Waals surface area contributed by atoms with Gasteiger partial charge in [-0.05, 0) is 7.05 Å². The van der Waals surface area contributed by atoms with Crippen molar-refractivity contribution in [3.05, 3.63) is 27.4 Å². The van der Waals surface area contributed by atoms with Gasteiger partial charge in [-0.15, -0.1) is 0 Å². The second-order valence-corrected chi connectivity index (χ2v) is 3.71. The van der Waals surface area contributed by atoms with Crippen molar-refractivity contribution < 1.29 is 4.92 Å². The number of aromatic nitrogens is 1. The van der Waals surface area contributed by atoms with Crippen molar-refractivity contribution in [2.24, 2.45) is 0 Å². The highest BCUT2D eigenvalue weighted by Crippen LogP contribution is 2.27. The number of rotatable bonds is 5. The van der Waals surface area contributed by atoms with Crippen LogP contribution in [0, 0.1) is 10.1 Å². The van der Waals surface area contributed by atoms with Crippen LogP contribution in [-0.2, 0) is 0 Å². The number of nitro groups is 1. The average molecular weight is 245 g/mol. The maximum atomic E-state index is 10.8. The fourth-order valence-electron chi connectivity index (χ4n) is 1.24. The first-order valence-corrected chi connectivity index (χ1v) is 5.09. The van der Waals surface area contributed by atoms with Gasteiger partial charge in [-0.1, -0.05) is 11.6 Å². The standard InChI is InChI=1S/C9H13ClN4O2/c1-11-3-4-13(2)9-8(14(15)16)5-7(10)6-12-9/h5-6,11H,3-4H2,1-2H3. The summed E-state index contributed by atoms with van der Waals surface area (Å²) < 4.78 is 0. The van der Waals surface area contributed by atoms with Gasteiger partial charge in [0.2, 0.25) is 5.82 Å². The lowest BCUT2D eigenvalue weighted by Gasteiger charge is -2.17. The van der Waals surface area contributed by atoms with Crippen molar-refractivity contribution >= 4 is 23.1 Å². The van der Waals surface area contributed by atoms with Crippen LogP contribution in [-0.4, -0.2) is 37.1 Å². The molecule has 0 fully saturated rings. The van der Waals surface area contributed by atoms with Crippen LogP contribution in [0.4, 0.5) is 11.5 Å². The number of pyridine rings is 1. The van der Waals surface area contributed by atoms with E-state index in [1.54, 1.807) is 11.9 Å². The highest BCUT2D eigenvalue weighted by atomic mass is 35.5. The summed E-state index contributed by atoms with van der Waals surface area (Å²) in [6.07, 6.45) is 1.40. The van der Waals surface area contributed by atoms with E-state index >= 15 is 0 Å². The molecular weight excluding hydrogens is 232 g/mol. The van der Waals surface area contributed by atoms with Crippen molar-refractivity contribution in [2.45, 2.75) is 0 Å². The molecular formula is C9H13ClN4O2. The Morgan fingerprint density at radius 1 is 1.69 bits per heavy atom. The van der Waals surface area contributed by atoms with Gasteiger partial charge in [0.15, 0.2) is 0 Å². The highest BCUT2D eigenvalue weighted by molar-refractivity contribution is 6.30. The predicted octanol–water partition coefficient (Wildman–Crippen LogP) is 1.30. The van der Waals surface area contributed by atoms with Crippen molar-refractivity contribution in [3.63, 3.8) is 0 Å². The molecule has 0 aromatic carbocycles. The Morgan fingerprint density at radius 2 is 2.38 bits per heavy atom. The summed E-state index contributed by atoms with van der Waals surface area (Å²) in [5.41, 5.74) is -0.0777. The molecule has 0 radical (unpaired) electrons. The molecule has 0 bridgehead atoms. The molecule has 88 valence electrons. The van der Waals surface area contributed by atoms with Crippen LogP contribution in [0.2, 0.25) is 5.02 Å². The van der Waals surface area contributed by atoms with Gasteiger partial charge < -0.3 is 10.2 Å². The van der Waals surface area contributed by atoms with Crippen molar-refractivity contribution in [1.82, 2.24) is 10.3 Å². The van der Waals surface area contributed by atoms with Crippen LogP contribution in [0.25, 0.3) is 0 Å². The lowest BCUT2D eigenvalue weighted by molar-refractivity contribution is -0.384. The SMILES string of the molecule is CNCCN(C)c1ncc(Cl)cc1[N+](=O)[O-]. The Labute approximate surface area is 98.4 Å². The Bertz CT molecular complexity index is 386. The fraction of sp³-hybridized carbons (Fsp3) is 0.444. The molecule has 0 unspecified atom stereocenters. The van der Waals surface area contributed by atoms with Gasteiger partial charge in [-0.3, -0.25) is 10.1 Å². The first-order valence-electron chi connectivity index (χ1n) is 4.72. The summed E-state index contributed by atoms with van der Waals surface area (Å²) in [4.78, 5) is 16.0. The van der Waals surface area contributed by atoms with Crippen molar-refractivity contribution in [1.29, 1.82) is 0 Å². The minimum Gasteiger partial charge on any atom is -0.353 e. The van der Waals surface area contributed by atoms with E-state index in [2.05, 4.69) is 10.3 Å². The van der Waals surface area contributed by atoms with Gasteiger partial charge in [0, 0.05) is 32.4 Å². The van der Waals surface area contributed by atoms with E-state index < -0.39 is 4.92 Å². The van der Waals surface area contributed by atoms with Gasteiger partial charge in [-0.25, -0.2) is 4.98 Å². The molecule has 0 aliphatic heterocycles. The van der Waals surface area contributed by atoms with E-state index in [1.807, 2.05) is 7.05 Å². The van der Waals surface area contributed by atoms with Crippen LogP contribution in [0.3, 0.4) is 0 Å². The maximum Gasteiger partial charge on any atom is 0.313 e. The molecule has 1 aromatic heterocycles. The summed E-state index contributed by atoms with van der Waals surface area (Å²) in [5.74, 6) is 0.324. The van der Waals surface area contributed by atoms with E-state index in [4.69, 9.17) is 11.6 Å². The molecule has 0 amide bonds. The van der Waals surface area contributed by atoms with Gasteiger partial charge in [0.25, 0.3) is 0 Å². The van der Waals surface area contributed by atoms with E-state index in [1.165, 1.54) is 12.3 Å². The second kappa shape index (κ2) is 5.62. The first-order chi connectivity index (χ1) is 7.56. The van der Waals surface area contributed by atoms with Gasteiger partial charge in [0.05, 0.1) is 9.95 Å². The van der Waals surface area contributed by atoms with Crippen LogP contribution < -0.4 is 10.2 Å². The minimum absolute atomic E-state index is 0.0777. The maximum absolute atomic E-state index is 10.8. The topological polar surface area (TPSA) is 71.3 Å². The third-order valence-corrected chi connectivity index (χ3v) is 2.28. The predicted molar refractivity (Wildman–Crippen MR) is 63.1 cm³/mol. The summed E-state index contributed by atoms with van der Waals surface area (Å²) >= 11 is 5.67.